The molecule has 7 nitrogen and oxygen atoms in total. The molecule has 0 amide bonds. The molecule has 0 aliphatic carbocycles. The summed E-state index contributed by atoms with van der Waals surface area (Å²) >= 11 is 0. The van der Waals surface area contributed by atoms with Gasteiger partial charge in [0.1, 0.15) is 11.8 Å². The first-order chi connectivity index (χ1) is 14.4. The molecule has 0 bridgehead atoms. The fourth-order valence-corrected chi connectivity index (χ4v) is 3.16. The maximum absolute atomic E-state index is 9.49. The minimum absolute atomic E-state index is 0.0993. The van der Waals surface area contributed by atoms with Crippen LogP contribution in [0.15, 0.2) is 52.9 Å². The molecule has 0 aliphatic rings. The van der Waals surface area contributed by atoms with E-state index in [2.05, 4.69) is 50.4 Å². The Hall–Kier alpha value is -3.50. The Kier molecular flexibility index (Phi) is 6.60. The second kappa shape index (κ2) is 9.33. The monoisotopic (exact) mass is 405 g/mol. The summed E-state index contributed by atoms with van der Waals surface area (Å²) in [5.41, 5.74) is 3.34. The van der Waals surface area contributed by atoms with Gasteiger partial charge in [-0.3, -0.25) is 0 Å². The normalized spacial score (nSPS) is 11.8. The average molecular weight is 406 g/mol. The first-order valence-electron chi connectivity index (χ1n) is 9.66. The molecule has 0 saturated carbocycles. The van der Waals surface area contributed by atoms with Crippen molar-refractivity contribution in [2.45, 2.75) is 6.04 Å². The molecule has 1 aromatic heterocycles. The van der Waals surface area contributed by atoms with Crippen molar-refractivity contribution in [3.8, 4) is 23.3 Å². The number of nitrogens with zero attached hydrogens (tertiary/aromatic N) is 4. The molecule has 30 heavy (non-hydrogen) atoms. The topological polar surface area (TPSA) is 77.6 Å². The van der Waals surface area contributed by atoms with Crippen LogP contribution in [0.3, 0.4) is 0 Å². The van der Waals surface area contributed by atoms with Crippen LogP contribution < -0.4 is 15.0 Å². The molecule has 1 N–H and O–H groups in total. The Bertz CT molecular complexity index is 1000. The number of ether oxygens (including phenoxy) is 1. The highest BCUT2D eigenvalue weighted by molar-refractivity contribution is 5.59. The zero-order chi connectivity index (χ0) is 21.7. The number of methoxy groups -OCH3 is 1. The molecule has 3 rings (SSSR count). The highest BCUT2D eigenvalue weighted by atomic mass is 16.5. The van der Waals surface area contributed by atoms with E-state index in [4.69, 9.17) is 9.15 Å². The predicted octanol–water partition coefficient (Wildman–Crippen LogP) is 4.00. The van der Waals surface area contributed by atoms with Gasteiger partial charge >= 0.3 is 0 Å². The average Bonchev–Trinajstić information content (AvgIpc) is 3.17. The second-order valence-corrected chi connectivity index (χ2v) is 7.38. The van der Waals surface area contributed by atoms with Crippen LogP contribution in [-0.2, 0) is 0 Å². The van der Waals surface area contributed by atoms with Crippen LogP contribution in [0.5, 0.6) is 5.75 Å². The molecule has 0 aliphatic heterocycles. The van der Waals surface area contributed by atoms with E-state index in [9.17, 15) is 5.26 Å². The first kappa shape index (κ1) is 21.2. The molecule has 2 aromatic carbocycles. The van der Waals surface area contributed by atoms with Gasteiger partial charge in [-0.2, -0.15) is 10.2 Å². The predicted molar refractivity (Wildman–Crippen MR) is 119 cm³/mol. The number of aromatic nitrogens is 1. The number of rotatable bonds is 8. The molecular weight excluding hydrogens is 378 g/mol. The second-order valence-electron chi connectivity index (χ2n) is 7.38. The van der Waals surface area contributed by atoms with E-state index >= 15 is 0 Å². The molecule has 156 valence electrons. The number of hydrogen-bond donors (Lipinski definition) is 1. The molecule has 1 atom stereocenters. The van der Waals surface area contributed by atoms with Crippen molar-refractivity contribution in [2.75, 3.05) is 52.1 Å². The van der Waals surface area contributed by atoms with Crippen LogP contribution in [0.4, 0.5) is 11.6 Å². The van der Waals surface area contributed by atoms with Crippen LogP contribution in [-0.4, -0.2) is 51.7 Å². The van der Waals surface area contributed by atoms with Crippen molar-refractivity contribution in [3.05, 3.63) is 59.8 Å². The molecule has 0 fully saturated rings. The third kappa shape index (κ3) is 4.73. The standard InChI is InChI=1S/C23H27N5O2/c1-27(2)18-10-6-16(7-11-18)21(28(3)4)15-25-23-20(14-24)26-22(30-23)17-8-12-19(29-5)13-9-17/h6-13,21,25H,15H2,1-5H3/t21-/m1/s1. The van der Waals surface area contributed by atoms with Crippen molar-refractivity contribution in [2.24, 2.45) is 0 Å². The molecular formula is C23H27N5O2. The van der Waals surface area contributed by atoms with Crippen LogP contribution in [0.1, 0.15) is 17.3 Å². The zero-order valence-corrected chi connectivity index (χ0v) is 18.0. The summed E-state index contributed by atoms with van der Waals surface area (Å²) in [6.07, 6.45) is 0. The molecule has 0 saturated heterocycles. The molecule has 0 unspecified atom stereocenters. The number of likely N-dealkylation sites (N-methyl/N-ethyl adjacent to an activating group) is 1. The van der Waals surface area contributed by atoms with Gasteiger partial charge in [-0.1, -0.05) is 12.1 Å². The lowest BCUT2D eigenvalue weighted by Crippen LogP contribution is -2.27. The molecule has 1 heterocycles. The number of hydrogen-bond acceptors (Lipinski definition) is 7. The van der Waals surface area contributed by atoms with Crippen molar-refractivity contribution in [1.29, 1.82) is 5.26 Å². The van der Waals surface area contributed by atoms with Gasteiger partial charge in [0.05, 0.1) is 13.2 Å². The highest BCUT2D eigenvalue weighted by Crippen LogP contribution is 2.28. The van der Waals surface area contributed by atoms with E-state index in [1.54, 1.807) is 7.11 Å². The van der Waals surface area contributed by atoms with E-state index in [-0.39, 0.29) is 11.7 Å². The number of oxazole rings is 1. The quantitative estimate of drug-likeness (QED) is 0.607. The Morgan fingerprint density at radius 3 is 2.27 bits per heavy atom. The summed E-state index contributed by atoms with van der Waals surface area (Å²) < 4.78 is 11.1. The lowest BCUT2D eigenvalue weighted by atomic mass is 10.1. The number of nitrogens with one attached hydrogen (secondary N) is 1. The van der Waals surface area contributed by atoms with Gasteiger partial charge in [0.25, 0.3) is 0 Å². The maximum atomic E-state index is 9.49. The van der Waals surface area contributed by atoms with Crippen LogP contribution >= 0.6 is 0 Å². The number of anilines is 2. The maximum Gasteiger partial charge on any atom is 0.232 e. The fourth-order valence-electron chi connectivity index (χ4n) is 3.16. The van der Waals surface area contributed by atoms with E-state index in [1.807, 2.05) is 52.5 Å². The van der Waals surface area contributed by atoms with E-state index in [0.29, 0.717) is 18.3 Å². The van der Waals surface area contributed by atoms with E-state index < -0.39 is 0 Å². The third-order valence-electron chi connectivity index (χ3n) is 4.94. The minimum atomic E-state index is 0.0993. The van der Waals surface area contributed by atoms with Crippen molar-refractivity contribution in [3.63, 3.8) is 0 Å². The van der Waals surface area contributed by atoms with Crippen molar-refractivity contribution < 1.29 is 9.15 Å². The highest BCUT2D eigenvalue weighted by Gasteiger charge is 2.19. The third-order valence-corrected chi connectivity index (χ3v) is 4.94. The Morgan fingerprint density at radius 1 is 1.07 bits per heavy atom. The van der Waals surface area contributed by atoms with Gasteiger partial charge < -0.3 is 24.3 Å². The first-order valence-corrected chi connectivity index (χ1v) is 9.66. The van der Waals surface area contributed by atoms with Gasteiger partial charge in [0.15, 0.2) is 0 Å². The Labute approximate surface area is 177 Å². The summed E-state index contributed by atoms with van der Waals surface area (Å²) in [4.78, 5) is 8.53. The van der Waals surface area contributed by atoms with Crippen LogP contribution in [0, 0.1) is 11.3 Å². The van der Waals surface area contributed by atoms with E-state index in [0.717, 1.165) is 17.0 Å². The van der Waals surface area contributed by atoms with Crippen LogP contribution in [0.2, 0.25) is 0 Å². The zero-order valence-electron chi connectivity index (χ0n) is 18.0. The van der Waals surface area contributed by atoms with Gasteiger partial charge in [-0.15, -0.1) is 0 Å². The lowest BCUT2D eigenvalue weighted by Gasteiger charge is -2.25. The van der Waals surface area contributed by atoms with Gasteiger partial charge in [-0.05, 0) is 56.1 Å². The summed E-state index contributed by atoms with van der Waals surface area (Å²) in [5.74, 6) is 1.52. The van der Waals surface area contributed by atoms with Gasteiger partial charge in [-0.25, -0.2) is 0 Å². The van der Waals surface area contributed by atoms with E-state index in [1.165, 1.54) is 5.56 Å². The number of benzene rings is 2. The van der Waals surface area contributed by atoms with Gasteiger partial charge in [0.2, 0.25) is 17.5 Å². The van der Waals surface area contributed by atoms with Gasteiger partial charge in [0, 0.05) is 31.9 Å². The Morgan fingerprint density at radius 2 is 1.73 bits per heavy atom. The lowest BCUT2D eigenvalue weighted by molar-refractivity contribution is 0.310. The minimum Gasteiger partial charge on any atom is -0.497 e. The Balaban J connectivity index is 1.78. The number of nitriles is 1. The molecule has 3 aromatic rings. The summed E-state index contributed by atoms with van der Waals surface area (Å²) in [6.45, 7) is 0.570. The molecule has 7 heteroatoms. The SMILES string of the molecule is COc1ccc(-c2nc(C#N)c(NC[C@H](c3ccc(N(C)C)cc3)N(C)C)o2)cc1. The molecule has 0 radical (unpaired) electrons. The van der Waals surface area contributed by atoms with Crippen LogP contribution in [0.25, 0.3) is 11.5 Å². The summed E-state index contributed by atoms with van der Waals surface area (Å²) in [5, 5.41) is 12.8. The van der Waals surface area contributed by atoms with Crippen molar-refractivity contribution >= 4 is 11.6 Å². The molecule has 0 spiro atoms. The summed E-state index contributed by atoms with van der Waals surface area (Å²) in [7, 11) is 9.72. The smallest absolute Gasteiger partial charge is 0.232 e. The van der Waals surface area contributed by atoms with Crippen molar-refractivity contribution in [1.82, 2.24) is 9.88 Å². The summed E-state index contributed by atoms with van der Waals surface area (Å²) in [6, 6.07) is 18.0. The fraction of sp³-hybridized carbons (Fsp3) is 0.304. The largest absolute Gasteiger partial charge is 0.497 e.